The average molecular weight is 615 g/mol. The maximum Gasteiger partial charge on any atom is 0.326 e. The van der Waals surface area contributed by atoms with E-state index < -0.39 is 51.0 Å². The van der Waals surface area contributed by atoms with Crippen LogP contribution in [0.4, 0.5) is 5.69 Å². The summed E-state index contributed by atoms with van der Waals surface area (Å²) in [6.45, 7) is 0. The smallest absolute Gasteiger partial charge is 0.326 e. The van der Waals surface area contributed by atoms with Crippen LogP contribution in [-0.2, 0) is 26.3 Å². The Labute approximate surface area is 244 Å². The molecule has 1 amide bonds. The molecule has 4 rings (SSSR count). The van der Waals surface area contributed by atoms with Gasteiger partial charge in [-0.3, -0.25) is 14.4 Å². The van der Waals surface area contributed by atoms with Crippen LogP contribution in [0.5, 0.6) is 5.75 Å². The number of carboxylic acids is 1. The van der Waals surface area contributed by atoms with Crippen LogP contribution in [0.1, 0.15) is 44.7 Å². The van der Waals surface area contributed by atoms with Gasteiger partial charge in [0, 0.05) is 24.0 Å². The maximum atomic E-state index is 13.1. The lowest BCUT2D eigenvalue weighted by molar-refractivity contribution is -0.140. The number of phenolic OH excluding ortho intramolecular Hbond substituents is 1. The summed E-state index contributed by atoms with van der Waals surface area (Å²) in [5.74, 6) is -3.77. The zero-order chi connectivity index (χ0) is 29.8. The molecule has 1 unspecified atom stereocenters. The number of nitrogens with zero attached hydrogens (tertiary/aromatic N) is 1. The number of aromatic hydroxyl groups is 1. The van der Waals surface area contributed by atoms with Crippen LogP contribution in [0.15, 0.2) is 65.7 Å². The summed E-state index contributed by atoms with van der Waals surface area (Å²) in [5.41, 5.74) is 0.522. The zero-order valence-electron chi connectivity index (χ0n) is 20.9. The van der Waals surface area contributed by atoms with Crippen LogP contribution in [-0.4, -0.2) is 58.7 Å². The van der Waals surface area contributed by atoms with E-state index in [0.29, 0.717) is 6.42 Å². The fourth-order valence-electron chi connectivity index (χ4n) is 4.21. The maximum absolute atomic E-state index is 13.1. The van der Waals surface area contributed by atoms with Crippen LogP contribution in [0.2, 0.25) is 10.0 Å². The Morgan fingerprint density at radius 3 is 2.24 bits per heavy atom. The summed E-state index contributed by atoms with van der Waals surface area (Å²) in [6.07, 6.45) is -0.378. The van der Waals surface area contributed by atoms with Crippen molar-refractivity contribution >= 4 is 73.2 Å². The molecule has 0 fully saturated rings. The van der Waals surface area contributed by atoms with Gasteiger partial charge in [0.1, 0.15) is 16.7 Å². The third-order valence-corrected chi connectivity index (χ3v) is 7.51. The Kier molecular flexibility index (Phi) is 9.01. The first-order valence-electron chi connectivity index (χ1n) is 12.0. The number of hydrogen-bond acceptors (Lipinski definition) is 8. The van der Waals surface area contributed by atoms with E-state index in [1.165, 1.54) is 36.4 Å². The monoisotopic (exact) mass is 614 g/mol. The molecule has 41 heavy (non-hydrogen) atoms. The lowest BCUT2D eigenvalue weighted by Crippen LogP contribution is -2.46. The Morgan fingerprint density at radius 1 is 0.927 bits per heavy atom. The van der Waals surface area contributed by atoms with Crippen LogP contribution in [0.25, 0.3) is 0 Å². The number of rotatable bonds is 10. The molecule has 10 nitrogen and oxygen atoms in total. The molecule has 0 saturated carbocycles. The Hall–Kier alpha value is -4.32. The second-order valence-electron chi connectivity index (χ2n) is 8.94. The number of carbonyl (C=O) groups excluding carboxylic acids is 3. The van der Waals surface area contributed by atoms with E-state index in [0.717, 1.165) is 5.56 Å². The number of ketones is 2. The highest BCUT2D eigenvalue weighted by Gasteiger charge is 2.33. The molecule has 0 bridgehead atoms. The van der Waals surface area contributed by atoms with Crippen molar-refractivity contribution in [3.8, 4) is 5.75 Å². The molecule has 3 N–H and O–H groups in total. The van der Waals surface area contributed by atoms with Crippen molar-refractivity contribution in [3.05, 3.63) is 93.0 Å². The second kappa shape index (κ2) is 12.5. The number of aliphatic imine (C=N–C) groups is 1. The topological polar surface area (TPSA) is 167 Å². The molecule has 3 aromatic rings. The standard InChI is InChI=1S/C28H20Cl2N2O8S/c29-18-11-15(22(34)9-8-14-4-3-5-16(33)10-14)12-19(30)24(18)23(35)13-21(28(37)38)32-27(36)25-26(41(39)40)17-6-1-2-7-20(17)31-25/h1-7,10-12,21,33H,8-9,13H2,(H,32,36)(H,37,38). The Balaban J connectivity index is 1.49. The van der Waals surface area contributed by atoms with E-state index >= 15 is 0 Å². The fourth-order valence-corrected chi connectivity index (χ4v) is 5.56. The highest BCUT2D eigenvalue weighted by atomic mass is 35.5. The first-order chi connectivity index (χ1) is 19.5. The highest BCUT2D eigenvalue weighted by Crippen LogP contribution is 2.30. The number of hydrogen-bond donors (Lipinski definition) is 3. The number of carbonyl (C=O) groups is 4. The lowest BCUT2D eigenvalue weighted by atomic mass is 9.98. The number of Topliss-reactive ketones (excluding diaryl/α,β-unsaturated/α-hetero) is 2. The SMILES string of the molecule is O=C(NC(CC(=O)c1c(Cl)cc(C(=O)CCc2cccc(O)c2)cc1Cl)C(=O)O)C1=Nc2ccccc2C1=S(=O)=O. The molecule has 0 radical (unpaired) electrons. The summed E-state index contributed by atoms with van der Waals surface area (Å²) in [7, 11) is -2.86. The molecule has 13 heteroatoms. The van der Waals surface area contributed by atoms with Gasteiger partial charge >= 0.3 is 5.97 Å². The number of carboxylic acid groups (broad SMARTS) is 1. The van der Waals surface area contributed by atoms with Gasteiger partial charge in [-0.15, -0.1) is 0 Å². The molecule has 1 atom stereocenters. The molecule has 210 valence electrons. The molecular weight excluding hydrogens is 595 g/mol. The molecule has 0 saturated heterocycles. The van der Waals surface area contributed by atoms with Gasteiger partial charge in [0.2, 0.25) is 10.3 Å². The number of benzene rings is 3. The van der Waals surface area contributed by atoms with E-state index in [2.05, 4.69) is 10.3 Å². The number of aryl methyl sites for hydroxylation is 1. The van der Waals surface area contributed by atoms with Crippen molar-refractivity contribution in [2.45, 2.75) is 25.3 Å². The van der Waals surface area contributed by atoms with Gasteiger partial charge in [0.15, 0.2) is 17.3 Å². The van der Waals surface area contributed by atoms with Crippen LogP contribution in [0, 0.1) is 0 Å². The van der Waals surface area contributed by atoms with E-state index in [4.69, 9.17) is 23.2 Å². The largest absolute Gasteiger partial charge is 0.508 e. The predicted octanol–water partition coefficient (Wildman–Crippen LogP) is 3.84. The summed E-state index contributed by atoms with van der Waals surface area (Å²) in [5, 5.41) is 21.0. The lowest BCUT2D eigenvalue weighted by Gasteiger charge is -2.15. The van der Waals surface area contributed by atoms with Gasteiger partial charge in [0.25, 0.3) is 5.91 Å². The first-order valence-corrected chi connectivity index (χ1v) is 13.8. The minimum absolute atomic E-state index is 0.0669. The van der Waals surface area contributed by atoms with Crippen molar-refractivity contribution in [1.82, 2.24) is 5.32 Å². The van der Waals surface area contributed by atoms with E-state index in [1.54, 1.807) is 24.3 Å². The van der Waals surface area contributed by atoms with E-state index in [1.807, 2.05) is 0 Å². The molecular formula is C28H20Cl2N2O8S. The highest BCUT2D eigenvalue weighted by molar-refractivity contribution is 7.76. The number of phenols is 1. The quantitative estimate of drug-likeness (QED) is 0.229. The van der Waals surface area contributed by atoms with Gasteiger partial charge in [-0.05, 0) is 42.3 Å². The van der Waals surface area contributed by atoms with Crippen molar-refractivity contribution in [1.29, 1.82) is 0 Å². The third-order valence-electron chi connectivity index (χ3n) is 6.16. The first kappa shape index (κ1) is 29.7. The summed E-state index contributed by atoms with van der Waals surface area (Å²) in [4.78, 5) is 54.2. The average Bonchev–Trinajstić information content (AvgIpc) is 3.31. The van der Waals surface area contributed by atoms with Crippen LogP contribution in [0.3, 0.4) is 0 Å². The van der Waals surface area contributed by atoms with Gasteiger partial charge in [-0.2, -0.15) is 8.42 Å². The molecule has 1 aliphatic heterocycles. The fraction of sp³-hybridized carbons (Fsp3) is 0.143. The second-order valence-corrected chi connectivity index (χ2v) is 10.6. The molecule has 1 aliphatic rings. The van der Waals surface area contributed by atoms with Crippen LogP contribution >= 0.6 is 23.2 Å². The number of amides is 1. The van der Waals surface area contributed by atoms with Crippen LogP contribution < -0.4 is 5.32 Å². The van der Waals surface area contributed by atoms with Gasteiger partial charge in [-0.25, -0.2) is 9.79 Å². The minimum atomic E-state index is -2.86. The summed E-state index contributed by atoms with van der Waals surface area (Å²) in [6, 6.07) is 13.2. The third kappa shape index (κ3) is 6.71. The number of fused-ring (bicyclic) bond motifs is 1. The molecule has 0 aliphatic carbocycles. The predicted molar refractivity (Wildman–Crippen MR) is 152 cm³/mol. The number of halogens is 2. The number of aliphatic carboxylic acids is 1. The summed E-state index contributed by atoms with van der Waals surface area (Å²) < 4.78 is 23.6. The molecule has 0 spiro atoms. The minimum Gasteiger partial charge on any atom is -0.508 e. The Bertz CT molecular complexity index is 1750. The van der Waals surface area contributed by atoms with Crippen molar-refractivity contribution in [2.75, 3.05) is 0 Å². The van der Waals surface area contributed by atoms with Crippen molar-refractivity contribution < 1.29 is 37.8 Å². The summed E-state index contributed by atoms with van der Waals surface area (Å²) >= 11 is 12.5. The number of nitrogens with one attached hydrogen (secondary N) is 1. The van der Waals surface area contributed by atoms with Crippen molar-refractivity contribution in [3.63, 3.8) is 0 Å². The molecule has 1 heterocycles. The van der Waals surface area contributed by atoms with Gasteiger partial charge < -0.3 is 15.5 Å². The van der Waals surface area contributed by atoms with Gasteiger partial charge in [-0.1, -0.05) is 53.5 Å². The normalized spacial score (nSPS) is 12.7. The molecule has 3 aromatic carbocycles. The molecule has 0 aromatic heterocycles. The van der Waals surface area contributed by atoms with Gasteiger partial charge in [0.05, 0.1) is 21.3 Å². The van der Waals surface area contributed by atoms with E-state index in [-0.39, 0.29) is 50.4 Å². The Morgan fingerprint density at radius 2 is 1.61 bits per heavy atom. The van der Waals surface area contributed by atoms with E-state index in [9.17, 15) is 37.8 Å². The number of para-hydroxylation sites is 1. The zero-order valence-corrected chi connectivity index (χ0v) is 23.3. The van der Waals surface area contributed by atoms with Crippen molar-refractivity contribution in [2.24, 2.45) is 4.99 Å².